The molecule has 7 nitrogen and oxygen atoms in total. The fourth-order valence-corrected chi connectivity index (χ4v) is 3.95. The van der Waals surface area contributed by atoms with Crippen molar-refractivity contribution in [1.29, 1.82) is 0 Å². The molecule has 7 heteroatoms. The molecular weight excluding hydrogens is 272 g/mol. The zero-order valence-corrected chi connectivity index (χ0v) is 11.9. The van der Waals surface area contributed by atoms with Gasteiger partial charge in [-0.3, -0.25) is 14.6 Å². The van der Waals surface area contributed by atoms with Gasteiger partial charge in [0.15, 0.2) is 5.82 Å². The van der Waals surface area contributed by atoms with E-state index in [1.54, 1.807) is 0 Å². The predicted octanol–water partition coefficient (Wildman–Crippen LogP) is 0.710. The van der Waals surface area contributed by atoms with Gasteiger partial charge in [-0.2, -0.15) is 4.98 Å². The number of aromatic nitrogens is 2. The Bertz CT molecular complexity index is 538. The Morgan fingerprint density at radius 3 is 2.71 bits per heavy atom. The van der Waals surface area contributed by atoms with Crippen LogP contribution in [0.25, 0.3) is 0 Å². The van der Waals surface area contributed by atoms with Crippen LogP contribution in [-0.4, -0.2) is 63.7 Å². The topological polar surface area (TPSA) is 82.7 Å². The first-order valence-electron chi connectivity index (χ1n) is 7.75. The smallest absolute Gasteiger partial charge is 0.307 e. The van der Waals surface area contributed by atoms with Crippen molar-refractivity contribution in [3.05, 3.63) is 11.7 Å². The van der Waals surface area contributed by atoms with Crippen molar-refractivity contribution in [2.45, 2.75) is 31.2 Å². The summed E-state index contributed by atoms with van der Waals surface area (Å²) >= 11 is 0. The van der Waals surface area contributed by atoms with Crippen LogP contribution in [0.1, 0.15) is 42.9 Å². The summed E-state index contributed by atoms with van der Waals surface area (Å²) in [7, 11) is 0. The van der Waals surface area contributed by atoms with Crippen LogP contribution in [0, 0.1) is 5.92 Å². The number of carboxylic acids is 1. The van der Waals surface area contributed by atoms with Crippen molar-refractivity contribution in [3.63, 3.8) is 0 Å². The summed E-state index contributed by atoms with van der Waals surface area (Å²) in [6, 6.07) is 0.203. The lowest BCUT2D eigenvalue weighted by Gasteiger charge is -2.46. The standard InChI is InChI=1S/C14H20N4O3/c19-14(20)10-3-1-2-9(10)13-15-12(16-21-13)11-8-17-4-6-18(11)7-5-17/h9-11H,1-8H2,(H,19,20). The van der Waals surface area contributed by atoms with Crippen LogP contribution in [0.4, 0.5) is 0 Å². The SMILES string of the molecule is O=C(O)C1CCCC1c1nc(C2CN3CCN2CC3)no1. The molecule has 1 aromatic rings. The molecule has 5 rings (SSSR count). The summed E-state index contributed by atoms with van der Waals surface area (Å²) in [6.07, 6.45) is 2.46. The number of nitrogens with zero attached hydrogens (tertiary/aromatic N) is 4. The molecule has 0 spiro atoms. The van der Waals surface area contributed by atoms with Gasteiger partial charge in [0.25, 0.3) is 0 Å². The number of fused-ring (bicyclic) bond motifs is 3. The van der Waals surface area contributed by atoms with Gasteiger partial charge >= 0.3 is 5.97 Å². The van der Waals surface area contributed by atoms with Crippen molar-refractivity contribution >= 4 is 5.97 Å². The second-order valence-corrected chi connectivity index (χ2v) is 6.33. The molecule has 0 aromatic carbocycles. The van der Waals surface area contributed by atoms with Gasteiger partial charge < -0.3 is 9.63 Å². The van der Waals surface area contributed by atoms with E-state index < -0.39 is 5.97 Å². The van der Waals surface area contributed by atoms with E-state index in [4.69, 9.17) is 4.52 Å². The summed E-state index contributed by atoms with van der Waals surface area (Å²) < 4.78 is 5.42. The number of piperazine rings is 3. The molecule has 3 aliphatic heterocycles. The summed E-state index contributed by atoms with van der Waals surface area (Å²) in [5.41, 5.74) is 0. The first-order valence-corrected chi connectivity index (χ1v) is 7.75. The van der Waals surface area contributed by atoms with Crippen LogP contribution >= 0.6 is 0 Å². The zero-order chi connectivity index (χ0) is 14.4. The quantitative estimate of drug-likeness (QED) is 0.878. The Balaban J connectivity index is 1.54. The third kappa shape index (κ3) is 2.24. The van der Waals surface area contributed by atoms with Crippen molar-refractivity contribution in [3.8, 4) is 0 Å². The first-order chi connectivity index (χ1) is 10.2. The molecule has 21 heavy (non-hydrogen) atoms. The first kappa shape index (κ1) is 13.2. The van der Waals surface area contributed by atoms with E-state index in [0.717, 1.165) is 51.4 Å². The number of carboxylic acid groups (broad SMARTS) is 1. The molecule has 0 amide bonds. The van der Waals surface area contributed by atoms with E-state index in [9.17, 15) is 9.90 Å². The van der Waals surface area contributed by atoms with Crippen molar-refractivity contribution in [1.82, 2.24) is 19.9 Å². The van der Waals surface area contributed by atoms with E-state index in [0.29, 0.717) is 12.3 Å². The molecule has 4 fully saturated rings. The molecule has 0 radical (unpaired) electrons. The van der Waals surface area contributed by atoms with Crippen LogP contribution < -0.4 is 0 Å². The molecule has 4 heterocycles. The van der Waals surface area contributed by atoms with Gasteiger partial charge in [0.1, 0.15) is 0 Å². The van der Waals surface area contributed by atoms with Crippen LogP contribution in [0.3, 0.4) is 0 Å². The Kier molecular flexibility index (Phi) is 3.19. The molecule has 3 saturated heterocycles. The van der Waals surface area contributed by atoms with Gasteiger partial charge in [0.05, 0.1) is 17.9 Å². The maximum Gasteiger partial charge on any atom is 0.307 e. The molecule has 2 bridgehead atoms. The van der Waals surface area contributed by atoms with Crippen LogP contribution in [0.15, 0.2) is 4.52 Å². The largest absolute Gasteiger partial charge is 0.481 e. The van der Waals surface area contributed by atoms with Crippen LogP contribution in [0.2, 0.25) is 0 Å². The highest BCUT2D eigenvalue weighted by Crippen LogP contribution is 2.39. The lowest BCUT2D eigenvalue weighted by Crippen LogP contribution is -2.57. The fourth-order valence-electron chi connectivity index (χ4n) is 3.95. The predicted molar refractivity (Wildman–Crippen MR) is 72.8 cm³/mol. The maximum atomic E-state index is 11.3. The second-order valence-electron chi connectivity index (χ2n) is 6.33. The minimum Gasteiger partial charge on any atom is -0.481 e. The minimum absolute atomic E-state index is 0.111. The fraction of sp³-hybridized carbons (Fsp3) is 0.786. The summed E-state index contributed by atoms with van der Waals surface area (Å²) in [6.45, 7) is 5.29. The summed E-state index contributed by atoms with van der Waals surface area (Å²) in [4.78, 5) is 20.7. The number of rotatable bonds is 3. The highest BCUT2D eigenvalue weighted by atomic mass is 16.5. The van der Waals surface area contributed by atoms with E-state index >= 15 is 0 Å². The number of hydrogen-bond donors (Lipinski definition) is 1. The number of hydrogen-bond acceptors (Lipinski definition) is 6. The Hall–Kier alpha value is -1.47. The Morgan fingerprint density at radius 1 is 1.24 bits per heavy atom. The summed E-state index contributed by atoms with van der Waals surface area (Å²) in [5, 5.41) is 13.4. The Labute approximate surface area is 122 Å². The maximum absolute atomic E-state index is 11.3. The third-order valence-corrected chi connectivity index (χ3v) is 5.18. The normalized spacial score (nSPS) is 38.8. The van der Waals surface area contributed by atoms with Gasteiger partial charge in [-0.05, 0) is 12.8 Å². The lowest BCUT2D eigenvalue weighted by atomic mass is 9.96. The highest BCUT2D eigenvalue weighted by molar-refractivity contribution is 5.71. The highest BCUT2D eigenvalue weighted by Gasteiger charge is 2.40. The van der Waals surface area contributed by atoms with Gasteiger partial charge in [-0.25, -0.2) is 0 Å². The molecular formula is C14H20N4O3. The average molecular weight is 292 g/mol. The van der Waals surface area contributed by atoms with E-state index in [2.05, 4.69) is 19.9 Å². The van der Waals surface area contributed by atoms with Crippen molar-refractivity contribution in [2.24, 2.45) is 5.92 Å². The second kappa shape index (κ2) is 5.06. The summed E-state index contributed by atoms with van der Waals surface area (Å²) in [5.74, 6) is 0.0202. The van der Waals surface area contributed by atoms with Gasteiger partial charge in [-0.1, -0.05) is 11.6 Å². The van der Waals surface area contributed by atoms with E-state index in [1.807, 2.05) is 0 Å². The number of carbonyl (C=O) groups is 1. The molecule has 3 unspecified atom stereocenters. The average Bonchev–Trinajstić information content (AvgIpc) is 3.17. The molecule has 3 atom stereocenters. The molecule has 4 aliphatic rings. The van der Waals surface area contributed by atoms with Crippen LogP contribution in [-0.2, 0) is 4.79 Å². The monoisotopic (exact) mass is 292 g/mol. The third-order valence-electron chi connectivity index (χ3n) is 5.18. The molecule has 1 N–H and O–H groups in total. The van der Waals surface area contributed by atoms with Gasteiger partial charge in [-0.15, -0.1) is 0 Å². The zero-order valence-electron chi connectivity index (χ0n) is 11.9. The van der Waals surface area contributed by atoms with Crippen molar-refractivity contribution < 1.29 is 14.4 Å². The molecule has 1 saturated carbocycles. The van der Waals surface area contributed by atoms with E-state index in [1.165, 1.54) is 0 Å². The van der Waals surface area contributed by atoms with Gasteiger partial charge in [0.2, 0.25) is 5.89 Å². The molecule has 1 aromatic heterocycles. The van der Waals surface area contributed by atoms with Crippen LogP contribution in [0.5, 0.6) is 0 Å². The molecule has 1 aliphatic carbocycles. The minimum atomic E-state index is -0.746. The number of aliphatic carboxylic acids is 1. The Morgan fingerprint density at radius 2 is 2.05 bits per heavy atom. The van der Waals surface area contributed by atoms with Gasteiger partial charge in [0, 0.05) is 32.7 Å². The lowest BCUT2D eigenvalue weighted by molar-refractivity contribution is -0.142. The van der Waals surface area contributed by atoms with E-state index in [-0.39, 0.29) is 17.9 Å². The molecule has 114 valence electrons. The van der Waals surface area contributed by atoms with Crippen molar-refractivity contribution in [2.75, 3.05) is 32.7 Å².